The van der Waals surface area contributed by atoms with Crippen molar-refractivity contribution in [2.24, 2.45) is 5.73 Å². The predicted octanol–water partition coefficient (Wildman–Crippen LogP) is 2.23. The Balaban J connectivity index is 0.00000121. The van der Waals surface area contributed by atoms with Gasteiger partial charge in [-0.25, -0.2) is 4.39 Å². The molecule has 0 heterocycles. The summed E-state index contributed by atoms with van der Waals surface area (Å²) in [6.45, 7) is 1.86. The van der Waals surface area contributed by atoms with Crippen molar-refractivity contribution in [2.45, 2.75) is 13.0 Å². The van der Waals surface area contributed by atoms with E-state index in [1.165, 1.54) is 12.1 Å². The van der Waals surface area contributed by atoms with Crippen LogP contribution in [0.5, 0.6) is 0 Å². The molecule has 0 aromatic heterocycles. The number of hydrogen-bond donors (Lipinski definition) is 1. The predicted molar refractivity (Wildman–Crippen MR) is 52.5 cm³/mol. The van der Waals surface area contributed by atoms with Crippen LogP contribution in [0.15, 0.2) is 22.7 Å². The maximum Gasteiger partial charge on any atom is 0.124 e. The number of rotatable bonds is 1. The van der Waals surface area contributed by atoms with Gasteiger partial charge in [-0.2, -0.15) is 0 Å². The summed E-state index contributed by atoms with van der Waals surface area (Å²) in [5.41, 5.74) is 6.53. The molecule has 0 saturated carbocycles. The van der Waals surface area contributed by atoms with E-state index in [0.29, 0.717) is 0 Å². The molecule has 2 N–H and O–H groups in total. The number of halogens is 2. The molecule has 1 nitrogen and oxygen atoms in total. The first-order valence-corrected chi connectivity index (χ1v) is 4.11. The van der Waals surface area contributed by atoms with Gasteiger partial charge in [-0.3, -0.25) is 0 Å². The van der Waals surface area contributed by atoms with Crippen LogP contribution in [0.25, 0.3) is 0 Å². The van der Waals surface area contributed by atoms with Crippen molar-refractivity contribution < 1.29 is 4.39 Å². The molecule has 1 aromatic rings. The molecule has 1 radical (unpaired) electrons. The van der Waals surface area contributed by atoms with Gasteiger partial charge in [-0.05, 0) is 24.6 Å². The quantitative estimate of drug-likeness (QED) is 0.749. The van der Waals surface area contributed by atoms with Crippen molar-refractivity contribution in [1.29, 1.82) is 0 Å². The molecule has 0 amide bonds. The number of benzene rings is 1. The topological polar surface area (TPSA) is 26.0 Å². The summed E-state index contributed by atoms with van der Waals surface area (Å²) >= 11 is 3.23. The fourth-order valence-corrected chi connectivity index (χ4v) is 1.58. The molecule has 1 unspecified atom stereocenters. The standard InChI is InChI=1S/C8H9BrFN.Na/c1-5(11)7-3-2-6(10)4-8(7)9;/h2-5H,11H2,1H3;. The van der Waals surface area contributed by atoms with Crippen LogP contribution in [0.3, 0.4) is 0 Å². The summed E-state index contributed by atoms with van der Waals surface area (Å²) in [4.78, 5) is 0. The Kier molecular flexibility index (Phi) is 5.61. The van der Waals surface area contributed by atoms with E-state index in [1.807, 2.05) is 6.92 Å². The van der Waals surface area contributed by atoms with Crippen LogP contribution in [-0.2, 0) is 0 Å². The molecule has 1 aromatic carbocycles. The van der Waals surface area contributed by atoms with E-state index >= 15 is 0 Å². The molecule has 1 atom stereocenters. The first kappa shape index (κ1) is 12.6. The van der Waals surface area contributed by atoms with Gasteiger partial charge in [0, 0.05) is 40.1 Å². The Morgan fingerprint density at radius 2 is 2.08 bits per heavy atom. The van der Waals surface area contributed by atoms with Crippen LogP contribution in [0.4, 0.5) is 4.39 Å². The maximum absolute atomic E-state index is 12.5. The Labute approximate surface area is 102 Å². The second-order valence-electron chi connectivity index (χ2n) is 2.45. The summed E-state index contributed by atoms with van der Waals surface area (Å²) in [5.74, 6) is -0.249. The Morgan fingerprint density at radius 3 is 2.50 bits per heavy atom. The van der Waals surface area contributed by atoms with E-state index in [2.05, 4.69) is 15.9 Å². The molecule has 0 bridgehead atoms. The van der Waals surface area contributed by atoms with Crippen molar-refractivity contribution >= 4 is 45.5 Å². The van der Waals surface area contributed by atoms with Crippen molar-refractivity contribution in [3.05, 3.63) is 34.1 Å². The van der Waals surface area contributed by atoms with E-state index < -0.39 is 0 Å². The van der Waals surface area contributed by atoms with Crippen molar-refractivity contribution in [2.75, 3.05) is 0 Å². The van der Waals surface area contributed by atoms with Crippen molar-refractivity contribution in [3.63, 3.8) is 0 Å². The van der Waals surface area contributed by atoms with E-state index in [0.717, 1.165) is 10.0 Å². The largest absolute Gasteiger partial charge is 0.324 e. The van der Waals surface area contributed by atoms with Crippen LogP contribution in [-0.4, -0.2) is 29.6 Å². The van der Waals surface area contributed by atoms with Crippen molar-refractivity contribution in [1.82, 2.24) is 0 Å². The average molecular weight is 241 g/mol. The van der Waals surface area contributed by atoms with Gasteiger partial charge >= 0.3 is 0 Å². The fourth-order valence-electron chi connectivity index (χ4n) is 0.871. The van der Waals surface area contributed by atoms with E-state index in [-0.39, 0.29) is 41.4 Å². The van der Waals surface area contributed by atoms with Gasteiger partial charge in [0.25, 0.3) is 0 Å². The smallest absolute Gasteiger partial charge is 0.124 e. The van der Waals surface area contributed by atoms with E-state index in [1.54, 1.807) is 6.07 Å². The van der Waals surface area contributed by atoms with Crippen LogP contribution >= 0.6 is 15.9 Å². The second-order valence-corrected chi connectivity index (χ2v) is 3.31. The minimum Gasteiger partial charge on any atom is -0.324 e. The molecular formula is C8H9BrFNNa. The van der Waals surface area contributed by atoms with Gasteiger partial charge in [0.05, 0.1) is 0 Å². The summed E-state index contributed by atoms with van der Waals surface area (Å²) in [7, 11) is 0. The molecule has 0 aliphatic heterocycles. The van der Waals surface area contributed by atoms with Gasteiger partial charge in [0.2, 0.25) is 0 Å². The van der Waals surface area contributed by atoms with E-state index in [4.69, 9.17) is 5.73 Å². The summed E-state index contributed by atoms with van der Waals surface area (Å²) in [6.07, 6.45) is 0. The molecule has 0 saturated heterocycles. The first-order valence-electron chi connectivity index (χ1n) is 3.32. The number of nitrogens with two attached hydrogens (primary N) is 1. The third-order valence-corrected chi connectivity index (χ3v) is 2.14. The SMILES string of the molecule is CC(N)c1ccc(F)cc1Br.[Na]. The summed E-state index contributed by atoms with van der Waals surface area (Å²) in [6, 6.07) is 4.44. The third-order valence-electron chi connectivity index (χ3n) is 1.45. The van der Waals surface area contributed by atoms with Gasteiger partial charge in [-0.15, -0.1) is 0 Å². The summed E-state index contributed by atoms with van der Waals surface area (Å²) < 4.78 is 13.3. The zero-order valence-corrected chi connectivity index (χ0v) is 10.7. The molecule has 0 aliphatic carbocycles. The van der Waals surface area contributed by atoms with Gasteiger partial charge in [0.1, 0.15) is 5.82 Å². The first-order chi connectivity index (χ1) is 5.11. The van der Waals surface area contributed by atoms with E-state index in [9.17, 15) is 4.39 Å². The zero-order chi connectivity index (χ0) is 8.43. The maximum atomic E-state index is 12.5. The van der Waals surface area contributed by atoms with Crippen LogP contribution < -0.4 is 5.73 Å². The second kappa shape index (κ2) is 5.35. The average Bonchev–Trinajstić information content (AvgIpc) is 1.85. The minimum atomic E-state index is -0.249. The molecule has 4 heteroatoms. The molecule has 12 heavy (non-hydrogen) atoms. The Bertz CT molecular complexity index is 265. The molecule has 61 valence electrons. The normalized spacial score (nSPS) is 12.0. The Morgan fingerprint density at radius 1 is 1.50 bits per heavy atom. The zero-order valence-electron chi connectivity index (χ0n) is 7.14. The third kappa shape index (κ3) is 3.15. The molecule has 0 aliphatic rings. The summed E-state index contributed by atoms with van der Waals surface area (Å²) in [5, 5.41) is 0. The van der Waals surface area contributed by atoms with Gasteiger partial charge < -0.3 is 5.73 Å². The van der Waals surface area contributed by atoms with Crippen LogP contribution in [0.2, 0.25) is 0 Å². The van der Waals surface area contributed by atoms with Gasteiger partial charge in [0.15, 0.2) is 0 Å². The molecule has 0 spiro atoms. The molecule has 0 fully saturated rings. The number of hydrogen-bond acceptors (Lipinski definition) is 1. The van der Waals surface area contributed by atoms with Gasteiger partial charge in [-0.1, -0.05) is 22.0 Å². The fraction of sp³-hybridized carbons (Fsp3) is 0.250. The molecular weight excluding hydrogens is 232 g/mol. The molecule has 1 rings (SSSR count). The van der Waals surface area contributed by atoms with Crippen molar-refractivity contribution in [3.8, 4) is 0 Å². The van der Waals surface area contributed by atoms with Crippen LogP contribution in [0.1, 0.15) is 18.5 Å². The monoisotopic (exact) mass is 240 g/mol. The minimum absolute atomic E-state index is 0. The van der Waals surface area contributed by atoms with Crippen LogP contribution in [0, 0.1) is 5.82 Å². The Hall–Kier alpha value is 0.590.